The van der Waals surface area contributed by atoms with Gasteiger partial charge in [0.05, 0.1) is 29.3 Å². The summed E-state index contributed by atoms with van der Waals surface area (Å²) in [6, 6.07) is 5.84. The lowest BCUT2D eigenvalue weighted by atomic mass is 10.0. The number of nitrogens with zero attached hydrogens (tertiary/aromatic N) is 4. The van der Waals surface area contributed by atoms with Crippen LogP contribution in [-0.4, -0.2) is 47.2 Å². The van der Waals surface area contributed by atoms with E-state index in [9.17, 15) is 0 Å². The van der Waals surface area contributed by atoms with Crippen LogP contribution in [0.1, 0.15) is 18.7 Å². The predicted molar refractivity (Wildman–Crippen MR) is 109 cm³/mol. The molecule has 0 atom stereocenters. The number of hydrogen-bond donors (Lipinski definition) is 0. The summed E-state index contributed by atoms with van der Waals surface area (Å²) >= 11 is 9.97. The molecule has 5 rings (SSSR count). The fourth-order valence-electron chi connectivity index (χ4n) is 3.85. The number of aromatic nitrogens is 3. The van der Waals surface area contributed by atoms with Crippen LogP contribution in [0.4, 0.5) is 5.82 Å². The van der Waals surface area contributed by atoms with E-state index in [2.05, 4.69) is 31.0 Å². The molecule has 0 saturated carbocycles. The molecule has 0 amide bonds. The Balaban J connectivity index is 1.60. The van der Waals surface area contributed by atoms with Gasteiger partial charge in [-0.1, -0.05) is 32.7 Å². The van der Waals surface area contributed by atoms with Crippen LogP contribution >= 0.6 is 27.5 Å². The van der Waals surface area contributed by atoms with Crippen molar-refractivity contribution in [1.82, 2.24) is 15.1 Å². The highest BCUT2D eigenvalue weighted by Crippen LogP contribution is 2.39. The Bertz CT molecular complexity index is 1040. The van der Waals surface area contributed by atoms with Crippen molar-refractivity contribution >= 4 is 44.3 Å². The normalized spacial score (nSPS) is 19.0. The molecule has 0 aliphatic carbocycles. The maximum absolute atomic E-state index is 6.47. The summed E-state index contributed by atoms with van der Waals surface area (Å²) in [5.74, 6) is 1.37. The maximum Gasteiger partial charge on any atom is 0.261 e. The number of anilines is 1. The molecule has 2 saturated heterocycles. The van der Waals surface area contributed by atoms with Gasteiger partial charge < -0.3 is 18.9 Å². The van der Waals surface area contributed by atoms with Crippen molar-refractivity contribution in [1.29, 1.82) is 0 Å². The first-order valence-corrected chi connectivity index (χ1v) is 10.3. The average molecular weight is 466 g/mol. The number of halogens is 2. The van der Waals surface area contributed by atoms with Crippen LogP contribution in [0.15, 0.2) is 27.2 Å². The van der Waals surface area contributed by atoms with E-state index in [1.165, 1.54) is 0 Å². The zero-order valence-corrected chi connectivity index (χ0v) is 17.6. The minimum absolute atomic E-state index is 0.447. The fraction of sp³-hybridized carbons (Fsp3) is 0.421. The van der Waals surface area contributed by atoms with Crippen LogP contribution in [0.3, 0.4) is 0 Å². The number of piperidine rings is 1. The van der Waals surface area contributed by atoms with Gasteiger partial charge in [0.1, 0.15) is 5.82 Å². The Morgan fingerprint density at radius 3 is 2.54 bits per heavy atom. The Morgan fingerprint density at radius 2 is 1.86 bits per heavy atom. The fourth-order valence-corrected chi connectivity index (χ4v) is 4.73. The first kappa shape index (κ1) is 18.3. The third-order valence-electron chi connectivity index (χ3n) is 5.21. The molecule has 2 aliphatic rings. The maximum atomic E-state index is 6.47. The highest BCUT2D eigenvalue weighted by molar-refractivity contribution is 9.10. The van der Waals surface area contributed by atoms with Gasteiger partial charge in [-0.2, -0.15) is 4.98 Å². The number of rotatable bonds is 2. The smallest absolute Gasteiger partial charge is 0.261 e. The van der Waals surface area contributed by atoms with Crippen LogP contribution in [-0.2, 0) is 9.47 Å². The molecule has 0 unspecified atom stereocenters. The molecule has 3 aromatic rings. The van der Waals surface area contributed by atoms with E-state index in [1.807, 2.05) is 18.2 Å². The van der Waals surface area contributed by atoms with Gasteiger partial charge in [0.15, 0.2) is 11.6 Å². The number of ether oxygens (including phenoxy) is 2. The Labute approximate surface area is 175 Å². The van der Waals surface area contributed by atoms with E-state index in [1.54, 1.807) is 6.92 Å². The number of aryl methyl sites for hydroxylation is 1. The van der Waals surface area contributed by atoms with E-state index in [4.69, 9.17) is 30.6 Å². The topological polar surface area (TPSA) is 73.5 Å². The molecule has 0 bridgehead atoms. The summed E-state index contributed by atoms with van der Waals surface area (Å²) in [7, 11) is 0. The van der Waals surface area contributed by atoms with E-state index < -0.39 is 5.79 Å². The number of fused-ring (bicyclic) bond motifs is 1. The van der Waals surface area contributed by atoms with Gasteiger partial charge in [-0.05, 0) is 25.1 Å². The third kappa shape index (κ3) is 3.18. The molecule has 1 spiro atoms. The van der Waals surface area contributed by atoms with Crippen molar-refractivity contribution in [2.24, 2.45) is 0 Å². The van der Waals surface area contributed by atoms with Crippen LogP contribution in [0.2, 0.25) is 5.02 Å². The molecule has 28 heavy (non-hydrogen) atoms. The molecule has 0 N–H and O–H groups in total. The SMILES string of the molecule is Cc1noc(-c2cc3cc(Br)cc(Cl)c3nc2N2CCC3(CC2)OCCO3)n1. The average Bonchev–Trinajstić information content (AvgIpc) is 3.31. The van der Waals surface area contributed by atoms with Crippen molar-refractivity contribution in [2.75, 3.05) is 31.2 Å². The van der Waals surface area contributed by atoms with Gasteiger partial charge in [0.25, 0.3) is 5.89 Å². The monoisotopic (exact) mass is 464 g/mol. The molecule has 2 fully saturated rings. The zero-order chi connectivity index (χ0) is 19.3. The van der Waals surface area contributed by atoms with Crippen molar-refractivity contribution in [3.05, 3.63) is 33.5 Å². The molecule has 7 nitrogen and oxygen atoms in total. The Morgan fingerprint density at radius 1 is 1.11 bits per heavy atom. The Kier molecular flexibility index (Phi) is 4.54. The van der Waals surface area contributed by atoms with Crippen molar-refractivity contribution < 1.29 is 14.0 Å². The van der Waals surface area contributed by atoms with Gasteiger partial charge >= 0.3 is 0 Å². The lowest BCUT2D eigenvalue weighted by Gasteiger charge is -2.38. The summed E-state index contributed by atoms with van der Waals surface area (Å²) in [5, 5.41) is 5.44. The molecule has 2 aromatic heterocycles. The highest BCUT2D eigenvalue weighted by Gasteiger charge is 2.40. The largest absolute Gasteiger partial charge is 0.356 e. The van der Waals surface area contributed by atoms with Gasteiger partial charge in [0.2, 0.25) is 0 Å². The number of benzene rings is 1. The highest BCUT2D eigenvalue weighted by atomic mass is 79.9. The van der Waals surface area contributed by atoms with Gasteiger partial charge in [-0.15, -0.1) is 0 Å². The van der Waals surface area contributed by atoms with E-state index in [0.717, 1.165) is 52.7 Å². The first-order chi connectivity index (χ1) is 13.5. The lowest BCUT2D eigenvalue weighted by molar-refractivity contribution is -0.169. The van der Waals surface area contributed by atoms with Gasteiger partial charge in [-0.25, -0.2) is 4.98 Å². The standard InChI is InChI=1S/C19H18BrClN4O3/c1-11-22-18(28-24-11)14-9-12-8-13(20)10-15(21)16(12)23-17(14)25-4-2-19(3-5-25)26-6-7-27-19/h8-10H,2-7H2,1H3. The van der Waals surface area contributed by atoms with E-state index in [0.29, 0.717) is 30.0 Å². The van der Waals surface area contributed by atoms with Crippen molar-refractivity contribution in [3.63, 3.8) is 0 Å². The second-order valence-electron chi connectivity index (χ2n) is 7.06. The molecule has 1 aromatic carbocycles. The predicted octanol–water partition coefficient (Wildman–Crippen LogP) is 4.35. The van der Waals surface area contributed by atoms with Crippen LogP contribution in [0, 0.1) is 6.92 Å². The molecule has 0 radical (unpaired) electrons. The van der Waals surface area contributed by atoms with E-state index in [-0.39, 0.29) is 0 Å². The van der Waals surface area contributed by atoms with Crippen LogP contribution in [0.25, 0.3) is 22.4 Å². The lowest BCUT2D eigenvalue weighted by Crippen LogP contribution is -2.45. The summed E-state index contributed by atoms with van der Waals surface area (Å²) < 4.78 is 18.1. The summed E-state index contributed by atoms with van der Waals surface area (Å²) in [6.07, 6.45) is 1.56. The number of hydrogen-bond acceptors (Lipinski definition) is 7. The zero-order valence-electron chi connectivity index (χ0n) is 15.2. The third-order valence-corrected chi connectivity index (χ3v) is 5.96. The number of pyridine rings is 1. The minimum atomic E-state index is -0.447. The van der Waals surface area contributed by atoms with E-state index >= 15 is 0 Å². The van der Waals surface area contributed by atoms with Crippen molar-refractivity contribution in [3.8, 4) is 11.5 Å². The van der Waals surface area contributed by atoms with Crippen molar-refractivity contribution in [2.45, 2.75) is 25.6 Å². The first-order valence-electron chi connectivity index (χ1n) is 9.16. The molecule has 146 valence electrons. The molecule has 4 heterocycles. The summed E-state index contributed by atoms with van der Waals surface area (Å²) in [6.45, 7) is 4.63. The van der Waals surface area contributed by atoms with Gasteiger partial charge in [-0.3, -0.25) is 0 Å². The molecule has 9 heteroatoms. The molecule has 2 aliphatic heterocycles. The quantitative estimate of drug-likeness (QED) is 0.557. The Hall–Kier alpha value is -1.74. The van der Waals surface area contributed by atoms with Crippen LogP contribution in [0.5, 0.6) is 0 Å². The summed E-state index contributed by atoms with van der Waals surface area (Å²) in [4.78, 5) is 11.5. The summed E-state index contributed by atoms with van der Waals surface area (Å²) in [5.41, 5.74) is 1.54. The van der Waals surface area contributed by atoms with Crippen LogP contribution < -0.4 is 4.90 Å². The minimum Gasteiger partial charge on any atom is -0.356 e. The second-order valence-corrected chi connectivity index (χ2v) is 8.38. The molecular formula is C19H18BrClN4O3. The van der Waals surface area contributed by atoms with Gasteiger partial charge in [0, 0.05) is 35.8 Å². The second kappa shape index (κ2) is 6.95. The molecular weight excluding hydrogens is 448 g/mol.